The zero-order valence-electron chi connectivity index (χ0n) is 18.6. The van der Waals surface area contributed by atoms with E-state index in [9.17, 15) is 19.2 Å². The van der Waals surface area contributed by atoms with Gasteiger partial charge >= 0.3 is 5.97 Å². The summed E-state index contributed by atoms with van der Waals surface area (Å²) in [5.74, 6) is -3.00. The van der Waals surface area contributed by atoms with Gasteiger partial charge in [-0.05, 0) is 31.4 Å². The maximum atomic E-state index is 12.8. The van der Waals surface area contributed by atoms with Gasteiger partial charge in [0.15, 0.2) is 0 Å². The van der Waals surface area contributed by atoms with Gasteiger partial charge in [-0.2, -0.15) is 0 Å². The van der Waals surface area contributed by atoms with E-state index in [0.717, 1.165) is 16.5 Å². The number of amides is 3. The Balaban J connectivity index is 2.18. The second kappa shape index (κ2) is 10.8. The smallest absolute Gasteiger partial charge is 0.325 e. The summed E-state index contributed by atoms with van der Waals surface area (Å²) < 4.78 is 0. The summed E-state index contributed by atoms with van der Waals surface area (Å²) in [4.78, 5) is 52.0. The highest BCUT2D eigenvalue weighted by Gasteiger charge is 2.28. The molecule has 0 aliphatic carbocycles. The summed E-state index contributed by atoms with van der Waals surface area (Å²) in [6.45, 7) is 6.40. The third-order valence-corrected chi connectivity index (χ3v) is 5.23. The molecular weight excluding hydrogens is 414 g/mol. The van der Waals surface area contributed by atoms with E-state index in [4.69, 9.17) is 10.8 Å². The van der Waals surface area contributed by atoms with Crippen molar-refractivity contribution in [1.29, 1.82) is 0 Å². The van der Waals surface area contributed by atoms with Crippen LogP contribution in [0.1, 0.15) is 33.3 Å². The fourth-order valence-corrected chi connectivity index (χ4v) is 3.08. The number of carboxylic acids is 1. The van der Waals surface area contributed by atoms with Crippen molar-refractivity contribution in [2.24, 2.45) is 11.7 Å². The number of benzene rings is 1. The van der Waals surface area contributed by atoms with E-state index in [0.29, 0.717) is 0 Å². The summed E-state index contributed by atoms with van der Waals surface area (Å²) >= 11 is 0. The summed E-state index contributed by atoms with van der Waals surface area (Å²) in [5.41, 5.74) is 7.47. The number of carbonyl (C=O) groups excluding carboxylic acids is 3. The van der Waals surface area contributed by atoms with Crippen molar-refractivity contribution < 1.29 is 24.3 Å². The van der Waals surface area contributed by atoms with Crippen LogP contribution >= 0.6 is 0 Å². The number of hydrogen-bond donors (Lipinski definition) is 6. The number of aromatic amines is 1. The SMILES string of the molecule is CC(NC(=O)C(Cc1c[nH]c2ccccc12)NC(=O)C(C)NC(=O)C(N)C(C)C)C(=O)O. The highest BCUT2D eigenvalue weighted by molar-refractivity contribution is 5.94. The van der Waals surface area contributed by atoms with Crippen LogP contribution in [0, 0.1) is 5.92 Å². The third kappa shape index (κ3) is 6.30. The molecule has 7 N–H and O–H groups in total. The zero-order chi connectivity index (χ0) is 24.0. The number of fused-ring (bicyclic) bond motifs is 1. The Kier molecular flexibility index (Phi) is 8.36. The van der Waals surface area contributed by atoms with Crippen LogP contribution in [0.15, 0.2) is 30.5 Å². The molecule has 0 saturated carbocycles. The molecule has 174 valence electrons. The maximum absolute atomic E-state index is 12.8. The second-order valence-corrected chi connectivity index (χ2v) is 8.19. The molecule has 3 amide bonds. The van der Waals surface area contributed by atoms with Gasteiger partial charge in [-0.1, -0.05) is 32.0 Å². The van der Waals surface area contributed by atoms with Gasteiger partial charge in [0, 0.05) is 23.5 Å². The standard InChI is InChI=1S/C22H31N5O5/c1-11(2)18(23)21(30)25-12(3)19(28)27-17(20(29)26-13(4)22(31)32)9-14-10-24-16-8-6-5-7-15(14)16/h5-8,10-13,17-18,24H,9,23H2,1-4H3,(H,25,30)(H,26,29)(H,27,28)(H,31,32). The molecule has 0 aliphatic heterocycles. The lowest BCUT2D eigenvalue weighted by Crippen LogP contribution is -2.57. The van der Waals surface area contributed by atoms with Crippen molar-refractivity contribution in [2.75, 3.05) is 0 Å². The number of aromatic nitrogens is 1. The number of rotatable bonds is 10. The van der Waals surface area contributed by atoms with Gasteiger partial charge < -0.3 is 31.8 Å². The molecular formula is C22H31N5O5. The molecule has 0 aliphatic rings. The number of nitrogens with one attached hydrogen (secondary N) is 4. The average molecular weight is 446 g/mol. The number of aliphatic carboxylic acids is 1. The van der Waals surface area contributed by atoms with E-state index in [-0.39, 0.29) is 12.3 Å². The molecule has 1 heterocycles. The molecule has 0 saturated heterocycles. The van der Waals surface area contributed by atoms with Gasteiger partial charge in [-0.3, -0.25) is 19.2 Å². The van der Waals surface area contributed by atoms with E-state index >= 15 is 0 Å². The minimum atomic E-state index is -1.20. The fourth-order valence-electron chi connectivity index (χ4n) is 3.08. The Hall–Kier alpha value is -3.40. The minimum absolute atomic E-state index is 0.108. The fraction of sp³-hybridized carbons (Fsp3) is 0.455. The molecule has 0 radical (unpaired) electrons. The van der Waals surface area contributed by atoms with E-state index < -0.39 is 47.9 Å². The molecule has 2 aromatic rings. The molecule has 10 heteroatoms. The van der Waals surface area contributed by atoms with Crippen molar-refractivity contribution in [3.8, 4) is 0 Å². The van der Waals surface area contributed by atoms with E-state index in [1.807, 2.05) is 24.3 Å². The topological polar surface area (TPSA) is 166 Å². The van der Waals surface area contributed by atoms with Crippen LogP contribution < -0.4 is 21.7 Å². The number of H-pyrrole nitrogens is 1. The van der Waals surface area contributed by atoms with Gasteiger partial charge in [0.25, 0.3) is 0 Å². The molecule has 1 aromatic heterocycles. The largest absolute Gasteiger partial charge is 0.480 e. The highest BCUT2D eigenvalue weighted by atomic mass is 16.4. The number of carboxylic acid groups (broad SMARTS) is 1. The van der Waals surface area contributed by atoms with Crippen molar-refractivity contribution in [2.45, 2.75) is 58.3 Å². The lowest BCUT2D eigenvalue weighted by Gasteiger charge is -2.23. The normalized spacial score (nSPS) is 14.9. The number of carbonyl (C=O) groups is 4. The molecule has 4 unspecified atom stereocenters. The van der Waals surface area contributed by atoms with Crippen LogP contribution in [0.4, 0.5) is 0 Å². The summed E-state index contributed by atoms with van der Waals surface area (Å²) in [6, 6.07) is 3.59. The van der Waals surface area contributed by atoms with E-state index in [1.165, 1.54) is 13.8 Å². The predicted molar refractivity (Wildman–Crippen MR) is 120 cm³/mol. The molecule has 1 aromatic carbocycles. The van der Waals surface area contributed by atoms with Crippen LogP contribution in [0.25, 0.3) is 10.9 Å². The Morgan fingerprint density at radius 2 is 1.56 bits per heavy atom. The number of para-hydroxylation sites is 1. The minimum Gasteiger partial charge on any atom is -0.480 e. The zero-order valence-corrected chi connectivity index (χ0v) is 18.6. The average Bonchev–Trinajstić information content (AvgIpc) is 3.15. The van der Waals surface area contributed by atoms with E-state index in [1.54, 1.807) is 20.0 Å². The Labute approximate surface area is 186 Å². The van der Waals surface area contributed by atoms with Crippen LogP contribution in [0.3, 0.4) is 0 Å². The summed E-state index contributed by atoms with van der Waals surface area (Å²) in [7, 11) is 0. The molecule has 0 fully saturated rings. The lowest BCUT2D eigenvalue weighted by atomic mass is 10.0. The Morgan fingerprint density at radius 3 is 2.19 bits per heavy atom. The summed E-state index contributed by atoms with van der Waals surface area (Å²) in [6.07, 6.45) is 1.87. The molecule has 32 heavy (non-hydrogen) atoms. The molecule has 2 rings (SSSR count). The van der Waals surface area contributed by atoms with Gasteiger partial charge in [-0.15, -0.1) is 0 Å². The van der Waals surface area contributed by atoms with Gasteiger partial charge in [0.2, 0.25) is 17.7 Å². The Morgan fingerprint density at radius 1 is 0.938 bits per heavy atom. The van der Waals surface area contributed by atoms with Crippen LogP contribution in [-0.4, -0.2) is 57.9 Å². The number of nitrogens with two attached hydrogens (primary N) is 1. The monoisotopic (exact) mass is 445 g/mol. The van der Waals surface area contributed by atoms with Crippen molar-refractivity contribution >= 4 is 34.6 Å². The molecule has 4 atom stereocenters. The highest BCUT2D eigenvalue weighted by Crippen LogP contribution is 2.19. The molecule has 0 bridgehead atoms. The molecule has 10 nitrogen and oxygen atoms in total. The first-order valence-electron chi connectivity index (χ1n) is 10.5. The molecule has 0 spiro atoms. The van der Waals surface area contributed by atoms with Crippen molar-refractivity contribution in [3.63, 3.8) is 0 Å². The first-order valence-corrected chi connectivity index (χ1v) is 10.5. The van der Waals surface area contributed by atoms with E-state index in [2.05, 4.69) is 20.9 Å². The van der Waals surface area contributed by atoms with Crippen LogP contribution in [-0.2, 0) is 25.6 Å². The first-order chi connectivity index (χ1) is 15.0. The lowest BCUT2D eigenvalue weighted by molar-refractivity contribution is -0.141. The first kappa shape index (κ1) is 24.9. The quantitative estimate of drug-likeness (QED) is 0.307. The van der Waals surface area contributed by atoms with Crippen molar-refractivity contribution in [3.05, 3.63) is 36.0 Å². The second-order valence-electron chi connectivity index (χ2n) is 8.19. The number of hydrogen-bond acceptors (Lipinski definition) is 5. The van der Waals surface area contributed by atoms with Crippen LogP contribution in [0.5, 0.6) is 0 Å². The maximum Gasteiger partial charge on any atom is 0.325 e. The van der Waals surface area contributed by atoms with Gasteiger partial charge in [0.05, 0.1) is 6.04 Å². The van der Waals surface area contributed by atoms with Crippen LogP contribution in [0.2, 0.25) is 0 Å². The third-order valence-electron chi connectivity index (χ3n) is 5.23. The summed E-state index contributed by atoms with van der Waals surface area (Å²) in [5, 5.41) is 17.6. The van der Waals surface area contributed by atoms with Gasteiger partial charge in [0.1, 0.15) is 18.1 Å². The van der Waals surface area contributed by atoms with Gasteiger partial charge in [-0.25, -0.2) is 0 Å². The predicted octanol–water partition coefficient (Wildman–Crippen LogP) is 0.273. The Bertz CT molecular complexity index is 986. The van der Waals surface area contributed by atoms with Crippen molar-refractivity contribution in [1.82, 2.24) is 20.9 Å².